The Bertz CT molecular complexity index is 1270. The Morgan fingerprint density at radius 3 is 2.63 bits per heavy atom. The lowest BCUT2D eigenvalue weighted by atomic mass is 10.2. The summed E-state index contributed by atoms with van der Waals surface area (Å²) in [4.78, 5) is 22.2. The predicted octanol–water partition coefficient (Wildman–Crippen LogP) is 3.42. The number of thiazole rings is 1. The van der Waals surface area contributed by atoms with Crippen LogP contribution in [0.5, 0.6) is 0 Å². The Hall–Kier alpha value is -3.57. The Morgan fingerprint density at radius 2 is 1.93 bits per heavy atom. The van der Waals surface area contributed by atoms with Gasteiger partial charge in [0.05, 0.1) is 24.6 Å². The molecule has 0 atom stereocenters. The minimum absolute atomic E-state index is 0.0259. The summed E-state index contributed by atoms with van der Waals surface area (Å²) in [7, 11) is 3.71. The number of aliphatic hydroxyl groups excluding tert-OH is 1. The molecule has 2 aromatic heterocycles. The van der Waals surface area contributed by atoms with Crippen molar-refractivity contribution in [2.45, 2.75) is 0 Å². The second kappa shape index (κ2) is 8.05. The summed E-state index contributed by atoms with van der Waals surface area (Å²) < 4.78 is 1.76. The number of aliphatic hydroxyl groups is 1. The normalized spacial score (nSPS) is 11.6. The van der Waals surface area contributed by atoms with Gasteiger partial charge in [0, 0.05) is 30.5 Å². The van der Waals surface area contributed by atoms with Crippen LogP contribution in [-0.4, -0.2) is 40.2 Å². The number of hydrogen-bond acceptors (Lipinski definition) is 9. The standard InChI is InChI=1S/C19H18N7O3S/c1-24(9-10-27)13-5-3-12(4-6-13)22-23-19-25(2)17-18(30-19)21-15-8-7-14(26(28)29)11-16(15)20-17/h3-8,11,27H,9-10H2,1-2H3/q+1. The number of nitro groups is 1. The van der Waals surface area contributed by atoms with Crippen LogP contribution < -0.4 is 9.47 Å². The zero-order valence-electron chi connectivity index (χ0n) is 16.3. The van der Waals surface area contributed by atoms with Crippen LogP contribution in [-0.2, 0) is 7.05 Å². The number of benzene rings is 2. The van der Waals surface area contributed by atoms with Gasteiger partial charge in [-0.25, -0.2) is 9.55 Å². The largest absolute Gasteiger partial charge is 0.395 e. The lowest BCUT2D eigenvalue weighted by molar-refractivity contribution is -0.629. The molecule has 0 aliphatic carbocycles. The summed E-state index contributed by atoms with van der Waals surface area (Å²) in [6, 6.07) is 12.0. The van der Waals surface area contributed by atoms with Gasteiger partial charge in [0.1, 0.15) is 11.2 Å². The maximum atomic E-state index is 11.0. The van der Waals surface area contributed by atoms with Gasteiger partial charge in [-0.3, -0.25) is 10.1 Å². The van der Waals surface area contributed by atoms with Crippen LogP contribution in [0.15, 0.2) is 52.7 Å². The van der Waals surface area contributed by atoms with E-state index in [4.69, 9.17) is 5.11 Å². The molecule has 0 radical (unpaired) electrons. The summed E-state index contributed by atoms with van der Waals surface area (Å²) >= 11 is 1.34. The molecule has 0 bridgehead atoms. The van der Waals surface area contributed by atoms with Crippen LogP contribution in [0.4, 0.5) is 22.2 Å². The monoisotopic (exact) mass is 424 g/mol. The third-order valence-corrected chi connectivity index (χ3v) is 5.58. The summed E-state index contributed by atoms with van der Waals surface area (Å²) in [5, 5.41) is 29.3. The predicted molar refractivity (Wildman–Crippen MR) is 114 cm³/mol. The first-order chi connectivity index (χ1) is 14.5. The minimum Gasteiger partial charge on any atom is -0.395 e. The van der Waals surface area contributed by atoms with Gasteiger partial charge >= 0.3 is 10.8 Å². The SMILES string of the molecule is CN(CCO)c1ccc(N=Nc2sc3nc4ccc([N+](=O)[O-])cc4nc3[n+]2C)cc1. The number of non-ortho nitro benzene ring substituents is 1. The van der Waals surface area contributed by atoms with Crippen LogP contribution in [0.25, 0.3) is 21.5 Å². The number of nitro benzene ring substituents is 1. The molecule has 10 nitrogen and oxygen atoms in total. The molecule has 0 aliphatic heterocycles. The van der Waals surface area contributed by atoms with Crippen molar-refractivity contribution in [2.24, 2.45) is 17.3 Å². The van der Waals surface area contributed by atoms with Gasteiger partial charge in [-0.05, 0) is 41.7 Å². The molecule has 2 heterocycles. The quantitative estimate of drug-likeness (QED) is 0.219. The first-order valence-electron chi connectivity index (χ1n) is 9.05. The van der Waals surface area contributed by atoms with Gasteiger partial charge in [-0.1, -0.05) is 10.1 Å². The lowest BCUT2D eigenvalue weighted by Gasteiger charge is -2.17. The van der Waals surface area contributed by atoms with Crippen molar-refractivity contribution in [3.63, 3.8) is 0 Å². The van der Waals surface area contributed by atoms with Gasteiger partial charge in [-0.15, -0.1) is 0 Å². The molecule has 2 aromatic carbocycles. The van der Waals surface area contributed by atoms with E-state index in [1.54, 1.807) is 17.7 Å². The Labute approximate surface area is 174 Å². The van der Waals surface area contributed by atoms with E-state index in [1.165, 1.54) is 23.5 Å². The highest BCUT2D eigenvalue weighted by atomic mass is 32.1. The first-order valence-corrected chi connectivity index (χ1v) is 9.86. The highest BCUT2D eigenvalue weighted by Gasteiger charge is 2.20. The molecule has 30 heavy (non-hydrogen) atoms. The molecular formula is C19H18N7O3S+. The first kappa shape index (κ1) is 19.7. The second-order valence-electron chi connectivity index (χ2n) is 6.59. The topological polar surface area (TPSA) is 121 Å². The van der Waals surface area contributed by atoms with Crippen LogP contribution in [0.2, 0.25) is 0 Å². The highest BCUT2D eigenvalue weighted by Crippen LogP contribution is 2.28. The number of hydrogen-bond donors (Lipinski definition) is 1. The summed E-state index contributed by atoms with van der Waals surface area (Å²) in [5.41, 5.74) is 3.27. The average molecular weight is 424 g/mol. The second-order valence-corrected chi connectivity index (χ2v) is 7.54. The molecule has 152 valence electrons. The van der Waals surface area contributed by atoms with Crippen molar-refractivity contribution in [3.05, 3.63) is 52.6 Å². The van der Waals surface area contributed by atoms with Gasteiger partial charge in [0.15, 0.2) is 10.3 Å². The number of fused-ring (bicyclic) bond motifs is 2. The zero-order chi connectivity index (χ0) is 21.3. The van der Waals surface area contributed by atoms with Crippen molar-refractivity contribution in [3.8, 4) is 0 Å². The highest BCUT2D eigenvalue weighted by molar-refractivity contribution is 7.20. The van der Waals surface area contributed by atoms with Gasteiger partial charge in [-0.2, -0.15) is 0 Å². The molecule has 0 unspecified atom stereocenters. The van der Waals surface area contributed by atoms with E-state index < -0.39 is 4.92 Å². The molecule has 0 saturated heterocycles. The number of nitrogens with zero attached hydrogens (tertiary/aromatic N) is 7. The van der Waals surface area contributed by atoms with Crippen molar-refractivity contribution in [1.82, 2.24) is 9.97 Å². The van der Waals surface area contributed by atoms with E-state index >= 15 is 0 Å². The molecule has 4 aromatic rings. The van der Waals surface area contributed by atoms with Gasteiger partial charge in [0.2, 0.25) is 0 Å². The van der Waals surface area contributed by atoms with Crippen molar-refractivity contribution >= 4 is 55.0 Å². The van der Waals surface area contributed by atoms with Crippen LogP contribution in [0.3, 0.4) is 0 Å². The van der Waals surface area contributed by atoms with Crippen molar-refractivity contribution in [1.29, 1.82) is 0 Å². The van der Waals surface area contributed by atoms with Crippen LogP contribution >= 0.6 is 11.3 Å². The van der Waals surface area contributed by atoms with E-state index in [0.717, 1.165) is 5.69 Å². The molecular weight excluding hydrogens is 406 g/mol. The molecule has 0 spiro atoms. The molecule has 11 heteroatoms. The average Bonchev–Trinajstić information content (AvgIpc) is 3.05. The van der Waals surface area contributed by atoms with Gasteiger partial charge in [0.25, 0.3) is 5.69 Å². The van der Waals surface area contributed by atoms with Crippen molar-refractivity contribution < 1.29 is 14.6 Å². The minimum atomic E-state index is -0.453. The number of aryl methyl sites for hydroxylation is 1. The Morgan fingerprint density at radius 1 is 1.17 bits per heavy atom. The number of anilines is 1. The third kappa shape index (κ3) is 3.80. The molecule has 1 N–H and O–H groups in total. The fourth-order valence-corrected chi connectivity index (χ4v) is 3.80. The van der Waals surface area contributed by atoms with E-state index in [9.17, 15) is 10.1 Å². The molecule has 0 fully saturated rings. The number of rotatable bonds is 6. The molecule has 4 rings (SSSR count). The molecule has 0 amide bonds. The fourth-order valence-electron chi connectivity index (χ4n) is 2.90. The summed E-state index contributed by atoms with van der Waals surface area (Å²) in [5.74, 6) is 0. The fraction of sp³-hybridized carbons (Fsp3) is 0.211. The molecule has 0 saturated carbocycles. The van der Waals surface area contributed by atoms with Gasteiger partial charge < -0.3 is 10.0 Å². The summed E-state index contributed by atoms with van der Waals surface area (Å²) in [6.45, 7) is 0.640. The smallest absolute Gasteiger partial charge is 0.347 e. The van der Waals surface area contributed by atoms with Crippen molar-refractivity contribution in [2.75, 3.05) is 25.1 Å². The number of azo groups is 1. The van der Waals surface area contributed by atoms with E-state index in [1.807, 2.05) is 36.2 Å². The summed E-state index contributed by atoms with van der Waals surface area (Å²) in [6.07, 6.45) is 0. The lowest BCUT2D eigenvalue weighted by Crippen LogP contribution is -2.26. The Balaban J connectivity index is 1.64. The Kier molecular flexibility index (Phi) is 5.29. The zero-order valence-corrected chi connectivity index (χ0v) is 17.1. The maximum Gasteiger partial charge on any atom is 0.347 e. The maximum absolute atomic E-state index is 11.0. The molecule has 0 aliphatic rings. The van der Waals surface area contributed by atoms with Crippen LogP contribution in [0.1, 0.15) is 0 Å². The van der Waals surface area contributed by atoms with E-state index in [-0.39, 0.29) is 12.3 Å². The number of likely N-dealkylation sites (N-methyl/N-ethyl adjacent to an activating group) is 1. The number of aromatic nitrogens is 3. The third-order valence-electron chi connectivity index (χ3n) is 4.58. The van der Waals surface area contributed by atoms with E-state index in [0.29, 0.717) is 38.9 Å². The van der Waals surface area contributed by atoms with Crippen LogP contribution in [0, 0.1) is 10.1 Å². The van der Waals surface area contributed by atoms with E-state index in [2.05, 4.69) is 20.2 Å².